The standard InChI is InChI=1S/C22H25N5O5S/c1-22(2,3)12-5-7-14-17(9-12)33-20-19(14)21(29)26(25-24-20)11-18(28)23-15-8-6-13(32-4)10-16(15)27(30)31/h6,8,10,12H,5,7,9,11H2,1-4H3,(H,23,28). The van der Waals surface area contributed by atoms with Crippen molar-refractivity contribution in [2.45, 2.75) is 46.6 Å². The van der Waals surface area contributed by atoms with Crippen molar-refractivity contribution in [3.05, 3.63) is 49.1 Å². The molecule has 0 spiro atoms. The van der Waals surface area contributed by atoms with E-state index in [-0.39, 0.29) is 22.3 Å². The second kappa shape index (κ2) is 8.54. The number of fused-ring (bicyclic) bond motifs is 3. The third-order valence-electron chi connectivity index (χ3n) is 6.13. The number of methoxy groups -OCH3 is 1. The number of ether oxygens (including phenoxy) is 1. The zero-order chi connectivity index (χ0) is 23.9. The molecule has 2 aromatic heterocycles. The highest BCUT2D eigenvalue weighted by molar-refractivity contribution is 7.18. The summed E-state index contributed by atoms with van der Waals surface area (Å²) in [4.78, 5) is 38.2. The molecule has 174 valence electrons. The normalized spacial score (nSPS) is 15.8. The second-order valence-electron chi connectivity index (χ2n) is 9.23. The Balaban J connectivity index is 1.59. The average Bonchev–Trinajstić information content (AvgIpc) is 3.13. The molecule has 1 aliphatic carbocycles. The van der Waals surface area contributed by atoms with Gasteiger partial charge in [0.2, 0.25) is 5.91 Å². The van der Waals surface area contributed by atoms with E-state index >= 15 is 0 Å². The van der Waals surface area contributed by atoms with E-state index in [9.17, 15) is 19.7 Å². The van der Waals surface area contributed by atoms with Crippen molar-refractivity contribution in [1.82, 2.24) is 15.0 Å². The molecule has 33 heavy (non-hydrogen) atoms. The van der Waals surface area contributed by atoms with Gasteiger partial charge in [0.15, 0.2) is 4.83 Å². The molecule has 0 radical (unpaired) electrons. The first kappa shape index (κ1) is 22.8. The maximum Gasteiger partial charge on any atom is 0.296 e. The first-order valence-corrected chi connectivity index (χ1v) is 11.4. The van der Waals surface area contributed by atoms with Crippen molar-refractivity contribution >= 4 is 38.8 Å². The van der Waals surface area contributed by atoms with Crippen LogP contribution >= 0.6 is 11.3 Å². The van der Waals surface area contributed by atoms with E-state index in [2.05, 4.69) is 36.4 Å². The summed E-state index contributed by atoms with van der Waals surface area (Å²) in [7, 11) is 1.39. The highest BCUT2D eigenvalue weighted by atomic mass is 32.1. The molecule has 1 amide bonds. The van der Waals surface area contributed by atoms with Crippen LogP contribution in [0.3, 0.4) is 0 Å². The van der Waals surface area contributed by atoms with Crippen molar-refractivity contribution < 1.29 is 14.5 Å². The molecule has 4 rings (SSSR count). The number of hydrogen-bond acceptors (Lipinski definition) is 8. The molecule has 0 bridgehead atoms. The van der Waals surface area contributed by atoms with Gasteiger partial charge in [-0.3, -0.25) is 19.7 Å². The van der Waals surface area contributed by atoms with Gasteiger partial charge in [0.05, 0.1) is 23.5 Å². The highest BCUT2D eigenvalue weighted by Gasteiger charge is 2.32. The monoisotopic (exact) mass is 471 g/mol. The van der Waals surface area contributed by atoms with Gasteiger partial charge in [-0.15, -0.1) is 16.4 Å². The molecule has 0 aliphatic heterocycles. The van der Waals surface area contributed by atoms with E-state index in [1.54, 1.807) is 0 Å². The number of carbonyl (C=O) groups excluding carboxylic acids is 1. The van der Waals surface area contributed by atoms with Crippen LogP contribution in [0, 0.1) is 21.4 Å². The molecule has 1 aliphatic rings. The van der Waals surface area contributed by atoms with Gasteiger partial charge in [0.25, 0.3) is 11.2 Å². The number of carbonyl (C=O) groups is 1. The number of rotatable bonds is 5. The van der Waals surface area contributed by atoms with Gasteiger partial charge in [0, 0.05) is 4.88 Å². The van der Waals surface area contributed by atoms with Gasteiger partial charge < -0.3 is 10.1 Å². The lowest BCUT2D eigenvalue weighted by Gasteiger charge is -2.33. The molecule has 1 N–H and O–H groups in total. The number of anilines is 1. The van der Waals surface area contributed by atoms with Crippen molar-refractivity contribution in [1.29, 1.82) is 0 Å². The maximum absolute atomic E-state index is 13.1. The fourth-order valence-electron chi connectivity index (χ4n) is 4.19. The predicted octanol–water partition coefficient (Wildman–Crippen LogP) is 3.56. The molecule has 0 saturated heterocycles. The number of hydrogen-bond donors (Lipinski definition) is 1. The van der Waals surface area contributed by atoms with Crippen LogP contribution < -0.4 is 15.6 Å². The summed E-state index contributed by atoms with van der Waals surface area (Å²) in [6, 6.07) is 4.10. The number of amides is 1. The summed E-state index contributed by atoms with van der Waals surface area (Å²) in [5.74, 6) is 0.207. The SMILES string of the molecule is COc1ccc(NC(=O)Cn2nnc3sc4c(c3c2=O)CCC(C(C)(C)C)C4)c([N+](=O)[O-])c1. The van der Waals surface area contributed by atoms with Crippen LogP contribution in [0.2, 0.25) is 0 Å². The Morgan fingerprint density at radius 2 is 2.15 bits per heavy atom. The highest BCUT2D eigenvalue weighted by Crippen LogP contribution is 2.41. The Morgan fingerprint density at radius 1 is 1.39 bits per heavy atom. The zero-order valence-electron chi connectivity index (χ0n) is 18.9. The van der Waals surface area contributed by atoms with Crippen LogP contribution in [0.5, 0.6) is 5.75 Å². The number of aromatic nitrogens is 3. The van der Waals surface area contributed by atoms with Crippen LogP contribution in [0.25, 0.3) is 10.2 Å². The molecule has 0 saturated carbocycles. The Labute approximate surface area is 193 Å². The summed E-state index contributed by atoms with van der Waals surface area (Å²) in [5, 5.41) is 22.5. The molecule has 2 heterocycles. The molecule has 10 nitrogen and oxygen atoms in total. The molecule has 0 fully saturated rings. The first-order chi connectivity index (χ1) is 15.6. The Bertz CT molecular complexity index is 1310. The van der Waals surface area contributed by atoms with E-state index in [0.29, 0.717) is 21.9 Å². The minimum Gasteiger partial charge on any atom is -0.496 e. The summed E-state index contributed by atoms with van der Waals surface area (Å²) in [5.41, 5.74) is 0.523. The molecule has 3 aromatic rings. The number of aryl methyl sites for hydroxylation is 1. The average molecular weight is 472 g/mol. The van der Waals surface area contributed by atoms with Crippen molar-refractivity contribution in [2.75, 3.05) is 12.4 Å². The summed E-state index contributed by atoms with van der Waals surface area (Å²) < 4.78 is 6.01. The number of thiophene rings is 1. The van der Waals surface area contributed by atoms with E-state index in [4.69, 9.17) is 4.74 Å². The van der Waals surface area contributed by atoms with E-state index in [1.807, 2.05) is 0 Å². The lowest BCUT2D eigenvalue weighted by atomic mass is 9.72. The smallest absolute Gasteiger partial charge is 0.296 e. The number of benzene rings is 1. The summed E-state index contributed by atoms with van der Waals surface area (Å²) >= 11 is 1.50. The van der Waals surface area contributed by atoms with E-state index in [0.717, 1.165) is 29.5 Å². The first-order valence-electron chi connectivity index (χ1n) is 10.6. The van der Waals surface area contributed by atoms with Crippen LogP contribution in [0.4, 0.5) is 11.4 Å². The number of nitrogens with zero attached hydrogens (tertiary/aromatic N) is 4. The van der Waals surface area contributed by atoms with Crippen molar-refractivity contribution in [3.8, 4) is 5.75 Å². The maximum atomic E-state index is 13.1. The third-order valence-corrected chi connectivity index (χ3v) is 7.27. The predicted molar refractivity (Wildman–Crippen MR) is 125 cm³/mol. The minimum atomic E-state index is -0.615. The Hall–Kier alpha value is -3.34. The van der Waals surface area contributed by atoms with Gasteiger partial charge in [-0.25, -0.2) is 4.68 Å². The van der Waals surface area contributed by atoms with Gasteiger partial charge in [-0.05, 0) is 48.3 Å². The van der Waals surface area contributed by atoms with Crippen LogP contribution in [-0.4, -0.2) is 32.9 Å². The van der Waals surface area contributed by atoms with E-state index < -0.39 is 17.4 Å². The van der Waals surface area contributed by atoms with Crippen molar-refractivity contribution in [2.24, 2.45) is 11.3 Å². The topological polar surface area (TPSA) is 129 Å². The lowest BCUT2D eigenvalue weighted by molar-refractivity contribution is -0.384. The van der Waals surface area contributed by atoms with Crippen LogP contribution in [0.1, 0.15) is 37.6 Å². The third kappa shape index (κ3) is 4.45. The molecule has 1 atom stereocenters. The Kier molecular flexibility index (Phi) is 5.91. The zero-order valence-corrected chi connectivity index (χ0v) is 19.7. The largest absolute Gasteiger partial charge is 0.496 e. The molecule has 1 unspecified atom stereocenters. The number of nitrogens with one attached hydrogen (secondary N) is 1. The fraction of sp³-hybridized carbons (Fsp3) is 0.455. The molecule has 1 aromatic carbocycles. The van der Waals surface area contributed by atoms with Gasteiger partial charge in [-0.2, -0.15) is 0 Å². The lowest BCUT2D eigenvalue weighted by Crippen LogP contribution is -2.31. The Morgan fingerprint density at radius 3 is 2.82 bits per heavy atom. The van der Waals surface area contributed by atoms with Gasteiger partial charge >= 0.3 is 0 Å². The minimum absolute atomic E-state index is 0.00835. The van der Waals surface area contributed by atoms with Crippen molar-refractivity contribution in [3.63, 3.8) is 0 Å². The summed E-state index contributed by atoms with van der Waals surface area (Å²) in [6.07, 6.45) is 2.69. The number of nitro groups is 1. The van der Waals surface area contributed by atoms with Crippen LogP contribution in [0.15, 0.2) is 23.0 Å². The molecular weight excluding hydrogens is 446 g/mol. The molecule has 11 heteroatoms. The second-order valence-corrected chi connectivity index (χ2v) is 10.3. The van der Waals surface area contributed by atoms with Gasteiger partial charge in [0.1, 0.15) is 18.0 Å². The van der Waals surface area contributed by atoms with Crippen LogP contribution in [-0.2, 0) is 24.2 Å². The fourth-order valence-corrected chi connectivity index (χ4v) is 5.43. The quantitative estimate of drug-likeness (QED) is 0.445. The summed E-state index contributed by atoms with van der Waals surface area (Å²) in [6.45, 7) is 6.29. The van der Waals surface area contributed by atoms with Gasteiger partial charge in [-0.1, -0.05) is 26.0 Å². The molecular formula is C22H25N5O5S. The number of nitro benzene ring substituents is 1. The van der Waals surface area contributed by atoms with E-state index in [1.165, 1.54) is 41.5 Å².